The highest BCUT2D eigenvalue weighted by atomic mass is 16.5. The van der Waals surface area contributed by atoms with E-state index in [1.165, 1.54) is 6.20 Å². The quantitative estimate of drug-likeness (QED) is 0.232. The fourth-order valence-electron chi connectivity index (χ4n) is 4.21. The van der Waals surface area contributed by atoms with Crippen molar-refractivity contribution in [2.75, 3.05) is 20.2 Å². The number of ether oxygens (including phenoxy) is 2. The van der Waals surface area contributed by atoms with Crippen molar-refractivity contribution in [2.45, 2.75) is 38.8 Å². The molecule has 1 unspecified atom stereocenters. The SMILES string of the molecule is COc1cncc(C(C)Oc2cc(/C(=N/N)C(C)=NC3CCN(C#N)CC3)cc3ncc(C#N)n23)c1. The molecule has 1 fully saturated rings. The number of nitrogens with zero attached hydrogens (tertiary/aromatic N) is 8. The summed E-state index contributed by atoms with van der Waals surface area (Å²) in [6.07, 6.45) is 8.17. The predicted octanol–water partition coefficient (Wildman–Crippen LogP) is 2.82. The molecule has 0 aromatic carbocycles. The number of hydrogen-bond acceptors (Lipinski definition) is 10. The number of methoxy groups -OCH3 is 1. The molecule has 1 aliphatic heterocycles. The zero-order chi connectivity index (χ0) is 25.7. The van der Waals surface area contributed by atoms with Gasteiger partial charge in [0.05, 0.1) is 31.3 Å². The van der Waals surface area contributed by atoms with Gasteiger partial charge in [-0.3, -0.25) is 14.4 Å². The second kappa shape index (κ2) is 10.7. The molecule has 3 aromatic heterocycles. The van der Waals surface area contributed by atoms with Crippen LogP contribution in [0, 0.1) is 22.8 Å². The van der Waals surface area contributed by atoms with Crippen LogP contribution < -0.4 is 15.3 Å². The molecule has 2 N–H and O–H groups in total. The Morgan fingerprint density at radius 1 is 1.19 bits per heavy atom. The summed E-state index contributed by atoms with van der Waals surface area (Å²) in [4.78, 5) is 15.2. The fraction of sp³-hybridized carbons (Fsp3) is 0.360. The first-order valence-electron chi connectivity index (χ1n) is 11.5. The molecule has 1 saturated heterocycles. The van der Waals surface area contributed by atoms with Crippen molar-refractivity contribution in [3.8, 4) is 23.9 Å². The topological polar surface area (TPSA) is 150 Å². The van der Waals surface area contributed by atoms with E-state index < -0.39 is 6.10 Å². The van der Waals surface area contributed by atoms with Gasteiger partial charge < -0.3 is 20.2 Å². The van der Waals surface area contributed by atoms with Gasteiger partial charge in [0.2, 0.25) is 5.88 Å². The van der Waals surface area contributed by atoms with E-state index in [-0.39, 0.29) is 6.04 Å². The summed E-state index contributed by atoms with van der Waals surface area (Å²) in [6, 6.07) is 7.66. The second-order valence-electron chi connectivity index (χ2n) is 8.46. The highest BCUT2D eigenvalue weighted by Gasteiger charge is 2.21. The van der Waals surface area contributed by atoms with E-state index in [1.54, 1.807) is 40.9 Å². The first-order chi connectivity index (χ1) is 17.5. The third kappa shape index (κ3) is 5.05. The average molecular weight is 486 g/mol. The van der Waals surface area contributed by atoms with Gasteiger partial charge in [0.1, 0.15) is 35.0 Å². The number of nitrogens with two attached hydrogens (primary N) is 1. The number of pyridine rings is 2. The van der Waals surface area contributed by atoms with Gasteiger partial charge in [-0.1, -0.05) is 0 Å². The molecule has 4 rings (SSSR count). The lowest BCUT2D eigenvalue weighted by Gasteiger charge is -2.26. The fourth-order valence-corrected chi connectivity index (χ4v) is 4.21. The van der Waals surface area contributed by atoms with E-state index in [0.29, 0.717) is 53.0 Å². The van der Waals surface area contributed by atoms with Crippen LogP contribution in [0.25, 0.3) is 5.65 Å². The number of imidazole rings is 1. The largest absolute Gasteiger partial charge is 0.495 e. The van der Waals surface area contributed by atoms with Crippen molar-refractivity contribution >= 4 is 17.1 Å². The zero-order valence-electron chi connectivity index (χ0n) is 20.4. The van der Waals surface area contributed by atoms with Crippen molar-refractivity contribution < 1.29 is 9.47 Å². The van der Waals surface area contributed by atoms with Crippen molar-refractivity contribution in [1.82, 2.24) is 19.3 Å². The van der Waals surface area contributed by atoms with E-state index in [1.807, 2.05) is 19.9 Å². The van der Waals surface area contributed by atoms with Crippen molar-refractivity contribution in [2.24, 2.45) is 15.9 Å². The molecule has 3 aromatic rings. The first-order valence-corrected chi connectivity index (χ1v) is 11.5. The summed E-state index contributed by atoms with van der Waals surface area (Å²) in [5, 5.41) is 22.7. The van der Waals surface area contributed by atoms with Crippen molar-refractivity contribution in [3.05, 3.63) is 53.6 Å². The molecule has 1 atom stereocenters. The van der Waals surface area contributed by atoms with Gasteiger partial charge in [0.15, 0.2) is 6.19 Å². The Kier molecular flexibility index (Phi) is 7.31. The molecule has 0 radical (unpaired) electrons. The van der Waals surface area contributed by atoms with E-state index in [0.717, 1.165) is 18.4 Å². The van der Waals surface area contributed by atoms with E-state index in [2.05, 4.69) is 27.3 Å². The number of rotatable bonds is 7. The molecule has 0 spiro atoms. The molecular weight excluding hydrogens is 458 g/mol. The lowest BCUT2D eigenvalue weighted by molar-refractivity contribution is 0.213. The summed E-state index contributed by atoms with van der Waals surface area (Å²) in [5.74, 6) is 6.84. The third-order valence-electron chi connectivity index (χ3n) is 6.15. The number of fused-ring (bicyclic) bond motifs is 1. The van der Waals surface area contributed by atoms with E-state index in [4.69, 9.17) is 25.6 Å². The van der Waals surface area contributed by atoms with Gasteiger partial charge >= 0.3 is 0 Å². The Morgan fingerprint density at radius 2 is 1.97 bits per heavy atom. The number of piperidine rings is 1. The molecule has 0 saturated carbocycles. The van der Waals surface area contributed by atoms with Crippen LogP contribution in [0.2, 0.25) is 0 Å². The van der Waals surface area contributed by atoms with Crippen LogP contribution in [0.4, 0.5) is 0 Å². The van der Waals surface area contributed by atoms with Gasteiger partial charge in [0, 0.05) is 36.5 Å². The predicted molar refractivity (Wildman–Crippen MR) is 134 cm³/mol. The van der Waals surface area contributed by atoms with Crippen molar-refractivity contribution in [1.29, 1.82) is 10.5 Å². The molecule has 36 heavy (non-hydrogen) atoms. The Hall–Kier alpha value is -4.64. The molecule has 11 heteroatoms. The highest BCUT2D eigenvalue weighted by molar-refractivity contribution is 6.47. The number of aliphatic imine (C=N–C) groups is 1. The van der Waals surface area contributed by atoms with Crippen LogP contribution in [0.1, 0.15) is 49.6 Å². The van der Waals surface area contributed by atoms with Gasteiger partial charge in [-0.2, -0.15) is 15.6 Å². The van der Waals surface area contributed by atoms with Gasteiger partial charge in [-0.25, -0.2) is 4.98 Å². The number of aromatic nitrogens is 3. The van der Waals surface area contributed by atoms with Crippen LogP contribution in [0.15, 0.2) is 46.9 Å². The van der Waals surface area contributed by atoms with E-state index in [9.17, 15) is 5.26 Å². The number of hydrogen-bond donors (Lipinski definition) is 1. The van der Waals surface area contributed by atoms with Crippen LogP contribution in [0.3, 0.4) is 0 Å². The summed E-state index contributed by atoms with van der Waals surface area (Å²) in [7, 11) is 1.58. The van der Waals surface area contributed by atoms with Crippen LogP contribution in [0.5, 0.6) is 11.6 Å². The summed E-state index contributed by atoms with van der Waals surface area (Å²) in [6.45, 7) is 5.11. The zero-order valence-corrected chi connectivity index (χ0v) is 20.4. The standard InChI is InChI=1S/C25H27N9O2/c1-16(31-20-4-6-33(15-27)7-5-20)25(32-28)18-9-23-30-13-21(11-26)34(23)24(10-18)36-17(2)19-8-22(35-3)14-29-12-19/h8-10,12-14,17,20H,4-7,28H2,1-3H3/b31-16?,32-25+. The Balaban J connectivity index is 1.69. The lowest BCUT2D eigenvalue weighted by atomic mass is 10.0. The molecule has 0 aliphatic carbocycles. The minimum absolute atomic E-state index is 0.0861. The number of likely N-dealkylation sites (tertiary alicyclic amines) is 1. The Labute approximate surface area is 209 Å². The number of hydrazone groups is 1. The highest BCUT2D eigenvalue weighted by Crippen LogP contribution is 2.27. The summed E-state index contributed by atoms with van der Waals surface area (Å²) < 4.78 is 13.2. The molecule has 11 nitrogen and oxygen atoms in total. The molecule has 1 aliphatic rings. The van der Waals surface area contributed by atoms with Crippen LogP contribution >= 0.6 is 0 Å². The van der Waals surface area contributed by atoms with Crippen LogP contribution in [-0.4, -0.2) is 56.9 Å². The smallest absolute Gasteiger partial charge is 0.201 e. The van der Waals surface area contributed by atoms with E-state index >= 15 is 0 Å². The minimum atomic E-state index is -0.404. The molecular formula is C25H27N9O2. The normalized spacial score (nSPS) is 15.9. The number of nitriles is 2. The molecule has 0 bridgehead atoms. The second-order valence-corrected chi connectivity index (χ2v) is 8.46. The monoisotopic (exact) mass is 485 g/mol. The van der Waals surface area contributed by atoms with Gasteiger partial charge in [-0.05, 0) is 38.8 Å². The van der Waals surface area contributed by atoms with Gasteiger partial charge in [-0.15, -0.1) is 0 Å². The van der Waals surface area contributed by atoms with Gasteiger partial charge in [0.25, 0.3) is 0 Å². The molecule has 0 amide bonds. The summed E-state index contributed by atoms with van der Waals surface area (Å²) >= 11 is 0. The van der Waals surface area contributed by atoms with Crippen LogP contribution in [-0.2, 0) is 0 Å². The Bertz CT molecular complexity index is 1390. The maximum Gasteiger partial charge on any atom is 0.201 e. The maximum absolute atomic E-state index is 9.62. The third-order valence-corrected chi connectivity index (χ3v) is 6.15. The summed E-state index contributed by atoms with van der Waals surface area (Å²) in [5.41, 5.74) is 3.51. The Morgan fingerprint density at radius 3 is 2.64 bits per heavy atom. The lowest BCUT2D eigenvalue weighted by Crippen LogP contribution is -2.32. The molecule has 4 heterocycles. The van der Waals surface area contributed by atoms with Crippen molar-refractivity contribution in [3.63, 3.8) is 0 Å². The average Bonchev–Trinajstić information content (AvgIpc) is 3.33. The molecule has 184 valence electrons. The minimum Gasteiger partial charge on any atom is -0.495 e. The first kappa shape index (κ1) is 24.5. The maximum atomic E-state index is 9.62.